The molecular weight excluding hydrogens is 989 g/mol. The molecule has 0 saturated carbocycles. The van der Waals surface area contributed by atoms with E-state index in [2.05, 4.69) is 33.5 Å². The zero-order valence-corrected chi connectivity index (χ0v) is 43.7. The molecule has 7 amide bonds. The lowest BCUT2D eigenvalue weighted by atomic mass is 9.99. The van der Waals surface area contributed by atoms with Crippen molar-refractivity contribution >= 4 is 41.4 Å². The fraction of sp³-hybridized carbons (Fsp3) is 0.456. The summed E-state index contributed by atoms with van der Waals surface area (Å²) in [5.74, 6) is -4.81. The summed E-state index contributed by atoms with van der Waals surface area (Å²) in [5, 5.41) is 56.0. The summed E-state index contributed by atoms with van der Waals surface area (Å²) in [6.45, 7) is 4.95. The number of aromatic hydroxyl groups is 1. The summed E-state index contributed by atoms with van der Waals surface area (Å²) < 4.78 is 5.86. The number of rotatable bonds is 14. The Hall–Kier alpha value is -7.39. The number of aliphatic hydroxyl groups excluding tert-OH is 3. The van der Waals surface area contributed by atoms with E-state index in [9.17, 15) is 54.0 Å². The number of aryl methyl sites for hydroxylation is 1. The van der Waals surface area contributed by atoms with Gasteiger partial charge in [0.25, 0.3) is 5.91 Å². The van der Waals surface area contributed by atoms with E-state index in [1.807, 2.05) is 48.5 Å². The molecule has 0 aliphatic carbocycles. The Bertz CT molecular complexity index is 2690. The number of fused-ring (bicyclic) bond motifs is 2. The molecule has 7 rings (SSSR count). The average Bonchev–Trinajstić information content (AvgIpc) is 4.03. The molecule has 10 atom stereocenters. The number of aliphatic hydroxyl groups is 3. The van der Waals surface area contributed by atoms with Crippen LogP contribution in [0.2, 0.25) is 0 Å². The Morgan fingerprint density at radius 1 is 0.727 bits per heavy atom. The molecular formula is C57H72N8O12. The first-order valence-corrected chi connectivity index (χ1v) is 26.5. The third-order valence-corrected chi connectivity index (χ3v) is 14.4. The van der Waals surface area contributed by atoms with Gasteiger partial charge in [-0.15, -0.1) is 0 Å². The van der Waals surface area contributed by atoms with E-state index in [0.717, 1.165) is 52.2 Å². The van der Waals surface area contributed by atoms with Crippen molar-refractivity contribution in [1.82, 2.24) is 36.4 Å². The van der Waals surface area contributed by atoms with Crippen molar-refractivity contribution in [1.29, 1.82) is 0 Å². The normalized spacial score (nSPS) is 24.8. The maximum Gasteiger partial charge on any atom is 0.251 e. The number of nitrogens with zero attached hydrogens (tertiary/aromatic N) is 2. The van der Waals surface area contributed by atoms with Crippen LogP contribution in [0.5, 0.6) is 11.5 Å². The molecule has 0 radical (unpaired) electrons. The topological polar surface area (TPSA) is 302 Å². The quantitative estimate of drug-likeness (QED) is 0.0811. The van der Waals surface area contributed by atoms with Gasteiger partial charge in [0.05, 0.1) is 24.9 Å². The molecule has 77 heavy (non-hydrogen) atoms. The molecule has 3 heterocycles. The van der Waals surface area contributed by atoms with Gasteiger partial charge in [0.15, 0.2) is 0 Å². The number of nitrogens with one attached hydrogen (secondary N) is 5. The minimum atomic E-state index is -1.68. The van der Waals surface area contributed by atoms with E-state index in [0.29, 0.717) is 12.2 Å². The van der Waals surface area contributed by atoms with Crippen molar-refractivity contribution in [2.24, 2.45) is 5.73 Å². The van der Waals surface area contributed by atoms with Crippen LogP contribution in [0.4, 0.5) is 0 Å². The average molecular weight is 1060 g/mol. The zero-order valence-electron chi connectivity index (χ0n) is 43.7. The van der Waals surface area contributed by atoms with E-state index in [1.165, 1.54) is 30.9 Å². The van der Waals surface area contributed by atoms with Gasteiger partial charge >= 0.3 is 0 Å². The summed E-state index contributed by atoms with van der Waals surface area (Å²) in [7, 11) is 0. The molecule has 3 aliphatic rings. The number of benzene rings is 4. The second-order valence-electron chi connectivity index (χ2n) is 20.2. The van der Waals surface area contributed by atoms with Crippen molar-refractivity contribution in [3.05, 3.63) is 108 Å². The number of phenolic OH excluding ortho intramolecular Hbond substituents is 1. The summed E-state index contributed by atoms with van der Waals surface area (Å²) in [6, 6.07) is 19.3. The van der Waals surface area contributed by atoms with Crippen LogP contribution in [0.3, 0.4) is 0 Å². The van der Waals surface area contributed by atoms with Gasteiger partial charge in [0, 0.05) is 37.7 Å². The van der Waals surface area contributed by atoms with Crippen LogP contribution in [-0.2, 0) is 35.2 Å². The van der Waals surface area contributed by atoms with E-state index >= 15 is 0 Å². The number of phenols is 1. The molecule has 20 nitrogen and oxygen atoms in total. The van der Waals surface area contributed by atoms with Crippen LogP contribution in [0, 0.1) is 0 Å². The van der Waals surface area contributed by atoms with Crippen LogP contribution in [0.25, 0.3) is 22.3 Å². The highest BCUT2D eigenvalue weighted by Gasteiger charge is 2.46. The molecule has 11 N–H and O–H groups in total. The molecule has 3 fully saturated rings. The van der Waals surface area contributed by atoms with Gasteiger partial charge in [0.1, 0.15) is 47.8 Å². The highest BCUT2D eigenvalue weighted by Crippen LogP contribution is 2.28. The number of amides is 7. The predicted molar refractivity (Wildman–Crippen MR) is 286 cm³/mol. The van der Waals surface area contributed by atoms with Gasteiger partial charge in [-0.2, -0.15) is 0 Å². The summed E-state index contributed by atoms with van der Waals surface area (Å²) in [5.41, 5.74) is 11.0. The van der Waals surface area contributed by atoms with Gasteiger partial charge < -0.3 is 67.3 Å². The first kappa shape index (κ1) is 57.3. The van der Waals surface area contributed by atoms with Crippen LogP contribution in [0.1, 0.15) is 88.1 Å². The molecule has 0 aromatic heterocycles. The predicted octanol–water partition coefficient (Wildman–Crippen LogP) is 2.04. The number of carbonyl (C=O) groups is 7. The third kappa shape index (κ3) is 14.8. The monoisotopic (exact) mass is 1060 g/mol. The lowest BCUT2D eigenvalue weighted by molar-refractivity contribution is -0.145. The van der Waals surface area contributed by atoms with Gasteiger partial charge in [0.2, 0.25) is 35.4 Å². The number of carbonyl (C=O) groups excluding carboxylic acids is 7. The first-order valence-electron chi connectivity index (χ1n) is 26.5. The van der Waals surface area contributed by atoms with Crippen molar-refractivity contribution in [3.8, 4) is 33.8 Å². The van der Waals surface area contributed by atoms with Crippen molar-refractivity contribution in [2.75, 3.05) is 26.2 Å². The maximum atomic E-state index is 14.4. The molecule has 0 bridgehead atoms. The van der Waals surface area contributed by atoms with Gasteiger partial charge in [-0.05, 0) is 117 Å². The highest BCUT2D eigenvalue weighted by molar-refractivity contribution is 6.00. The molecule has 3 saturated heterocycles. The zero-order chi connectivity index (χ0) is 55.3. The van der Waals surface area contributed by atoms with Crippen LogP contribution in [-0.4, -0.2) is 158 Å². The van der Waals surface area contributed by atoms with Crippen molar-refractivity contribution in [3.63, 3.8) is 0 Å². The fourth-order valence-electron chi connectivity index (χ4n) is 9.95. The second kappa shape index (κ2) is 26.6. The van der Waals surface area contributed by atoms with Crippen LogP contribution < -0.4 is 37.1 Å². The number of hydrogen-bond acceptors (Lipinski definition) is 13. The van der Waals surface area contributed by atoms with E-state index < -0.39 is 102 Å². The standard InChI is InChI=1S/C57H72N8O12/c1-4-5-6-30-77-43-24-20-39(21-25-43)37-14-12-36(13-15-37)38-16-18-40(19-17-38)51(70)60-45-8-7-28-59-55(74)50-44(58)27-29-64(50)56(75)48(33(2)66)62-53(72)46(26-11-35-9-22-41(68)23-10-35)61-54(73)47-31-42(69)32-65(47)57(76)49(34(3)67)63-52(45)71/h9-10,12-25,33-34,42,44-50,66-69H,4-8,11,26-32,58H2,1-3H3,(H,59,74)(H,60,70)(H,61,73)(H,62,72)(H,63,71)/t33-,34-,42-,44-,45+,46+,47+,48+,49+,50+/m1/s1. The molecule has 0 unspecified atom stereocenters. The van der Waals surface area contributed by atoms with Gasteiger partial charge in [-0.3, -0.25) is 33.6 Å². The lowest BCUT2D eigenvalue weighted by Gasteiger charge is -2.32. The molecule has 3 aliphatic heterocycles. The Morgan fingerprint density at radius 3 is 1.90 bits per heavy atom. The second-order valence-corrected chi connectivity index (χ2v) is 20.2. The van der Waals surface area contributed by atoms with E-state index in [4.69, 9.17) is 10.5 Å². The largest absolute Gasteiger partial charge is 0.508 e. The Balaban J connectivity index is 1.11. The highest BCUT2D eigenvalue weighted by atomic mass is 16.5. The lowest BCUT2D eigenvalue weighted by Crippen LogP contribution is -2.62. The number of nitrogens with two attached hydrogens (primary N) is 1. The molecule has 412 valence electrons. The third-order valence-electron chi connectivity index (χ3n) is 14.4. The minimum Gasteiger partial charge on any atom is -0.508 e. The molecule has 4 aromatic rings. The number of unbranched alkanes of at least 4 members (excludes halogenated alkanes) is 2. The van der Waals surface area contributed by atoms with Gasteiger partial charge in [-0.1, -0.05) is 80.4 Å². The summed E-state index contributed by atoms with van der Waals surface area (Å²) in [6.07, 6.45) is -0.974. The Labute approximate surface area is 448 Å². The molecule has 4 aromatic carbocycles. The van der Waals surface area contributed by atoms with Crippen molar-refractivity contribution < 1.29 is 58.7 Å². The Kier molecular flexibility index (Phi) is 19.8. The van der Waals surface area contributed by atoms with Crippen LogP contribution >= 0.6 is 0 Å². The van der Waals surface area contributed by atoms with Gasteiger partial charge in [-0.25, -0.2) is 0 Å². The molecule has 0 spiro atoms. The van der Waals surface area contributed by atoms with E-state index in [-0.39, 0.29) is 69.5 Å². The minimum absolute atomic E-state index is 0.00318. The first-order chi connectivity index (χ1) is 36.9. The Morgan fingerprint density at radius 2 is 1.30 bits per heavy atom. The maximum absolute atomic E-state index is 14.4. The van der Waals surface area contributed by atoms with Crippen molar-refractivity contribution in [2.45, 2.75) is 139 Å². The number of ether oxygens (including phenoxy) is 1. The number of hydrogen-bond donors (Lipinski definition) is 10. The van der Waals surface area contributed by atoms with Crippen LogP contribution in [0.15, 0.2) is 97.1 Å². The fourth-order valence-corrected chi connectivity index (χ4v) is 9.95. The SMILES string of the molecule is CCCCCOc1ccc(-c2ccc(-c3ccc(C(=O)N[C@H]4CCCNC(=O)[C@@H]5[C@H](N)CCN5C(=O)[C@H]([C@@H](C)O)NC(=O)[C@H](CCc5ccc(O)cc5)NC(=O)[C@@H]5C[C@@H](O)CN5C(=O)[C@H]([C@@H](C)O)NC4=O)cc3)cc2)cc1. The molecule has 20 heteroatoms. The summed E-state index contributed by atoms with van der Waals surface area (Å²) >= 11 is 0. The smallest absolute Gasteiger partial charge is 0.251 e. The summed E-state index contributed by atoms with van der Waals surface area (Å²) in [4.78, 5) is 101. The van der Waals surface area contributed by atoms with E-state index in [1.54, 1.807) is 36.4 Å².